The van der Waals surface area contributed by atoms with Gasteiger partial charge in [-0.25, -0.2) is 9.37 Å². The Morgan fingerprint density at radius 3 is 2.72 bits per heavy atom. The van der Waals surface area contributed by atoms with Crippen LogP contribution < -0.4 is 15.4 Å². The highest BCUT2D eigenvalue weighted by Gasteiger charge is 2.23. The third-order valence-electron chi connectivity index (χ3n) is 5.36. The van der Waals surface area contributed by atoms with Crippen LogP contribution in [0.25, 0.3) is 20.7 Å². The van der Waals surface area contributed by atoms with Crippen LogP contribution in [0.3, 0.4) is 0 Å². The lowest BCUT2D eigenvalue weighted by molar-refractivity contribution is -0.915. The van der Waals surface area contributed by atoms with Crippen LogP contribution in [-0.2, 0) is 6.54 Å². The second-order valence-corrected chi connectivity index (χ2v) is 8.99. The van der Waals surface area contributed by atoms with Crippen molar-refractivity contribution in [1.29, 1.82) is 0 Å². The molecular weight excluding hydrogens is 407 g/mol. The minimum absolute atomic E-state index is 0.0703. The number of aromatic nitrogens is 2. The van der Waals surface area contributed by atoms with E-state index in [1.165, 1.54) is 22.3 Å². The molecule has 4 aromatic rings. The number of benzene rings is 1. The average Bonchev–Trinajstić information content (AvgIpc) is 3.39. The van der Waals surface area contributed by atoms with Crippen molar-refractivity contribution in [1.82, 2.24) is 9.97 Å². The number of thiophene rings is 2. The first-order valence-electron chi connectivity index (χ1n) is 9.56. The molecule has 0 spiro atoms. The summed E-state index contributed by atoms with van der Waals surface area (Å²) in [5, 5.41) is 4.71. The number of para-hydroxylation sites is 1. The van der Waals surface area contributed by atoms with E-state index in [-0.39, 0.29) is 11.4 Å². The summed E-state index contributed by atoms with van der Waals surface area (Å²) in [5.41, 5.74) is 1.56. The third-order valence-corrected chi connectivity index (χ3v) is 7.14. The van der Waals surface area contributed by atoms with Crippen LogP contribution in [0.15, 0.2) is 52.0 Å². The van der Waals surface area contributed by atoms with E-state index < -0.39 is 0 Å². The number of halogens is 1. The van der Waals surface area contributed by atoms with Gasteiger partial charge in [0.25, 0.3) is 5.56 Å². The van der Waals surface area contributed by atoms with Gasteiger partial charge in [0, 0.05) is 15.8 Å². The van der Waals surface area contributed by atoms with Gasteiger partial charge in [0.05, 0.1) is 37.3 Å². The number of fused-ring (bicyclic) bond motifs is 1. The maximum Gasteiger partial charge on any atom is 0.260 e. The molecule has 1 aliphatic heterocycles. The molecule has 0 aliphatic carbocycles. The number of nitrogens with zero attached hydrogens (tertiary/aromatic N) is 2. The molecular formula is C21H20FN4OS2+. The van der Waals surface area contributed by atoms with Gasteiger partial charge in [-0.1, -0.05) is 18.2 Å². The van der Waals surface area contributed by atoms with Gasteiger partial charge in [-0.05, 0) is 23.6 Å². The highest BCUT2D eigenvalue weighted by molar-refractivity contribution is 7.18. The molecule has 0 unspecified atom stereocenters. The first-order chi connectivity index (χ1) is 14.2. The summed E-state index contributed by atoms with van der Waals surface area (Å²) in [6.07, 6.45) is 0. The van der Waals surface area contributed by atoms with Gasteiger partial charge in [-0.3, -0.25) is 4.79 Å². The number of aromatic amines is 1. The molecule has 1 aromatic carbocycles. The molecule has 0 atom stereocenters. The summed E-state index contributed by atoms with van der Waals surface area (Å²) >= 11 is 3.15. The van der Waals surface area contributed by atoms with Gasteiger partial charge in [0.1, 0.15) is 17.2 Å². The van der Waals surface area contributed by atoms with Crippen molar-refractivity contribution >= 4 is 38.6 Å². The molecule has 0 saturated carbocycles. The normalized spacial score (nSPS) is 15.3. The van der Waals surface area contributed by atoms with E-state index in [4.69, 9.17) is 4.98 Å². The molecule has 0 radical (unpaired) electrons. The first-order valence-corrected chi connectivity index (χ1v) is 11.3. The fraction of sp³-hybridized carbons (Fsp3) is 0.238. The lowest BCUT2D eigenvalue weighted by Gasteiger charge is -2.33. The van der Waals surface area contributed by atoms with Gasteiger partial charge in [-0.2, -0.15) is 0 Å². The van der Waals surface area contributed by atoms with Crippen LogP contribution in [0.4, 0.5) is 10.1 Å². The molecule has 1 fully saturated rings. The zero-order valence-electron chi connectivity index (χ0n) is 15.7. The van der Waals surface area contributed by atoms with Crippen molar-refractivity contribution in [3.63, 3.8) is 0 Å². The quantitative estimate of drug-likeness (QED) is 0.527. The standard InChI is InChI=1S/C21H19FN4OS2/c22-15-4-1-2-5-16(15)26-9-7-25(8-10-26)12-18-23-20(27)19-14(13-29-21(19)24-18)17-6-3-11-28-17/h1-6,11,13H,7-10,12H2,(H,23,24,27)/p+1. The summed E-state index contributed by atoms with van der Waals surface area (Å²) in [6.45, 7) is 3.99. The second-order valence-electron chi connectivity index (χ2n) is 7.18. The number of H-pyrrole nitrogens is 1. The first kappa shape index (κ1) is 18.5. The Morgan fingerprint density at radius 1 is 1.14 bits per heavy atom. The monoisotopic (exact) mass is 427 g/mol. The largest absolute Gasteiger partial charge is 0.358 e. The highest BCUT2D eigenvalue weighted by atomic mass is 32.1. The Balaban J connectivity index is 1.32. The maximum absolute atomic E-state index is 14.0. The molecule has 2 N–H and O–H groups in total. The fourth-order valence-electron chi connectivity index (χ4n) is 3.88. The zero-order valence-corrected chi connectivity index (χ0v) is 17.3. The number of quaternary nitrogens is 1. The van der Waals surface area contributed by atoms with Gasteiger partial charge in [0.15, 0.2) is 5.82 Å². The topological polar surface area (TPSA) is 53.4 Å². The van der Waals surface area contributed by atoms with E-state index in [1.54, 1.807) is 17.4 Å². The van der Waals surface area contributed by atoms with Crippen molar-refractivity contribution in [3.8, 4) is 10.4 Å². The van der Waals surface area contributed by atoms with Crippen LogP contribution in [0.2, 0.25) is 0 Å². The highest BCUT2D eigenvalue weighted by Crippen LogP contribution is 2.33. The summed E-state index contributed by atoms with van der Waals surface area (Å²) in [6, 6.07) is 10.9. The van der Waals surface area contributed by atoms with Crippen LogP contribution in [0.1, 0.15) is 5.82 Å². The van der Waals surface area contributed by atoms with Crippen LogP contribution in [0, 0.1) is 5.82 Å². The molecule has 29 heavy (non-hydrogen) atoms. The van der Waals surface area contributed by atoms with E-state index >= 15 is 0 Å². The molecule has 3 aromatic heterocycles. The number of rotatable bonds is 4. The molecule has 5 rings (SSSR count). The number of piperazine rings is 1. The number of hydrogen-bond donors (Lipinski definition) is 2. The van der Waals surface area contributed by atoms with E-state index in [2.05, 4.69) is 9.88 Å². The van der Waals surface area contributed by atoms with Crippen LogP contribution >= 0.6 is 22.7 Å². The summed E-state index contributed by atoms with van der Waals surface area (Å²) in [5.74, 6) is 0.544. The Morgan fingerprint density at radius 2 is 1.97 bits per heavy atom. The zero-order chi connectivity index (χ0) is 19.8. The smallest absolute Gasteiger partial charge is 0.260 e. The Hall–Kier alpha value is -2.55. The molecule has 0 bridgehead atoms. The Kier molecular flexibility index (Phi) is 4.91. The molecule has 4 heterocycles. The van der Waals surface area contributed by atoms with Crippen LogP contribution in [-0.4, -0.2) is 36.1 Å². The predicted molar refractivity (Wildman–Crippen MR) is 117 cm³/mol. The third kappa shape index (κ3) is 3.59. The molecule has 0 amide bonds. The minimum atomic E-state index is -0.174. The van der Waals surface area contributed by atoms with Crippen molar-refractivity contribution in [3.05, 3.63) is 69.2 Å². The number of nitrogens with one attached hydrogen (secondary N) is 2. The van der Waals surface area contributed by atoms with Gasteiger partial charge < -0.3 is 14.8 Å². The average molecular weight is 428 g/mol. The van der Waals surface area contributed by atoms with E-state index in [0.717, 1.165) is 47.3 Å². The molecule has 1 saturated heterocycles. The van der Waals surface area contributed by atoms with Crippen molar-refractivity contribution in [2.24, 2.45) is 0 Å². The summed E-state index contributed by atoms with van der Waals surface area (Å²) in [7, 11) is 0. The second kappa shape index (κ2) is 7.70. The summed E-state index contributed by atoms with van der Waals surface area (Å²) < 4.78 is 14.0. The van der Waals surface area contributed by atoms with Gasteiger partial charge in [0.2, 0.25) is 0 Å². The van der Waals surface area contributed by atoms with Crippen molar-refractivity contribution < 1.29 is 9.29 Å². The van der Waals surface area contributed by atoms with Gasteiger partial charge in [-0.15, -0.1) is 22.7 Å². The van der Waals surface area contributed by atoms with Crippen molar-refractivity contribution in [2.75, 3.05) is 31.1 Å². The maximum atomic E-state index is 14.0. The van der Waals surface area contributed by atoms with E-state index in [9.17, 15) is 9.18 Å². The molecule has 5 nitrogen and oxygen atoms in total. The Labute approximate surface area is 175 Å². The fourth-order valence-corrected chi connectivity index (χ4v) is 5.66. The van der Waals surface area contributed by atoms with Crippen LogP contribution in [0.5, 0.6) is 0 Å². The lowest BCUT2D eigenvalue weighted by atomic mass is 10.2. The molecule has 1 aliphatic rings. The van der Waals surface area contributed by atoms with E-state index in [0.29, 0.717) is 17.6 Å². The number of hydrogen-bond acceptors (Lipinski definition) is 5. The summed E-state index contributed by atoms with van der Waals surface area (Å²) in [4.78, 5) is 25.8. The van der Waals surface area contributed by atoms with E-state index in [1.807, 2.05) is 35.0 Å². The van der Waals surface area contributed by atoms with Crippen molar-refractivity contribution in [2.45, 2.75) is 6.54 Å². The Bertz CT molecular complexity index is 1190. The predicted octanol–water partition coefficient (Wildman–Crippen LogP) is 2.76. The minimum Gasteiger partial charge on any atom is -0.358 e. The lowest BCUT2D eigenvalue weighted by Crippen LogP contribution is -3.13. The SMILES string of the molecule is O=c1[nH]c(C[NH+]2CCN(c3ccccc3F)CC2)nc2scc(-c3cccs3)c12. The van der Waals surface area contributed by atoms with Gasteiger partial charge >= 0.3 is 0 Å². The number of anilines is 1. The molecule has 8 heteroatoms. The molecule has 148 valence electrons.